The highest BCUT2D eigenvalue weighted by Gasteiger charge is 2.31. The summed E-state index contributed by atoms with van der Waals surface area (Å²) in [5.41, 5.74) is -2.46. The van der Waals surface area contributed by atoms with Crippen LogP contribution in [0.25, 0.3) is 0 Å². The fourth-order valence-electron chi connectivity index (χ4n) is 1.91. The van der Waals surface area contributed by atoms with Gasteiger partial charge in [-0.15, -0.1) is 0 Å². The van der Waals surface area contributed by atoms with Gasteiger partial charge in [-0.3, -0.25) is 4.79 Å². The van der Waals surface area contributed by atoms with Crippen molar-refractivity contribution in [2.45, 2.75) is 31.5 Å². The molecule has 2 aromatic heterocycles. The molecule has 1 aliphatic rings. The van der Waals surface area contributed by atoms with Crippen molar-refractivity contribution in [1.82, 2.24) is 20.4 Å². The van der Waals surface area contributed by atoms with E-state index in [0.717, 1.165) is 12.8 Å². The predicted octanol–water partition coefficient (Wildman–Crippen LogP) is 1.98. The van der Waals surface area contributed by atoms with Crippen molar-refractivity contribution in [1.29, 1.82) is 0 Å². The number of aromatic nitrogens is 3. The number of nitrogens with one attached hydrogen (secondary N) is 3. The summed E-state index contributed by atoms with van der Waals surface area (Å²) in [6.45, 7) is -0.109. The summed E-state index contributed by atoms with van der Waals surface area (Å²) in [5.74, 6) is 1.03. The number of carbonyl (C=O) groups is 1. The molecule has 11 heteroatoms. The zero-order valence-corrected chi connectivity index (χ0v) is 12.1. The van der Waals surface area contributed by atoms with E-state index in [4.69, 9.17) is 4.52 Å². The fourth-order valence-corrected chi connectivity index (χ4v) is 1.91. The van der Waals surface area contributed by atoms with E-state index in [0.29, 0.717) is 24.0 Å². The lowest BCUT2D eigenvalue weighted by atomic mass is 10.2. The number of hydrogen-bond donors (Lipinski definition) is 3. The van der Waals surface area contributed by atoms with Crippen LogP contribution in [0.2, 0.25) is 0 Å². The minimum Gasteiger partial charge on any atom is -0.337 e. The Kier molecular flexibility index (Phi) is 3.99. The molecule has 8 nitrogen and oxygen atoms in total. The Hall–Kier alpha value is -2.85. The second-order valence-corrected chi connectivity index (χ2v) is 5.26. The first-order chi connectivity index (χ1) is 11.3. The van der Waals surface area contributed by atoms with E-state index in [-0.39, 0.29) is 12.4 Å². The van der Waals surface area contributed by atoms with E-state index in [1.807, 2.05) is 4.98 Å². The first kappa shape index (κ1) is 16.0. The van der Waals surface area contributed by atoms with Gasteiger partial charge in [0.15, 0.2) is 5.82 Å². The second kappa shape index (κ2) is 5.98. The largest absolute Gasteiger partial charge is 0.417 e. The van der Waals surface area contributed by atoms with Crippen LogP contribution in [0.1, 0.15) is 36.0 Å². The molecule has 0 saturated heterocycles. The maximum absolute atomic E-state index is 12.6. The van der Waals surface area contributed by atoms with Gasteiger partial charge in [-0.05, 0) is 18.9 Å². The van der Waals surface area contributed by atoms with Gasteiger partial charge in [0.1, 0.15) is 5.69 Å². The van der Waals surface area contributed by atoms with E-state index < -0.39 is 29.0 Å². The van der Waals surface area contributed by atoms with Gasteiger partial charge in [0.2, 0.25) is 5.89 Å². The van der Waals surface area contributed by atoms with Gasteiger partial charge < -0.3 is 20.1 Å². The minimum absolute atomic E-state index is 0.109. The van der Waals surface area contributed by atoms with Crippen molar-refractivity contribution >= 4 is 11.7 Å². The van der Waals surface area contributed by atoms with E-state index in [1.165, 1.54) is 0 Å². The van der Waals surface area contributed by atoms with Crippen LogP contribution >= 0.6 is 0 Å². The number of urea groups is 1. The third kappa shape index (κ3) is 3.73. The van der Waals surface area contributed by atoms with E-state index in [2.05, 4.69) is 20.8 Å². The molecule has 128 valence electrons. The Morgan fingerprint density at radius 1 is 1.42 bits per heavy atom. The summed E-state index contributed by atoms with van der Waals surface area (Å²) < 4.78 is 42.7. The quantitative estimate of drug-likeness (QED) is 0.786. The smallest absolute Gasteiger partial charge is 0.337 e. The number of anilines is 1. The van der Waals surface area contributed by atoms with E-state index in [1.54, 1.807) is 0 Å². The van der Waals surface area contributed by atoms with Crippen LogP contribution in [0.5, 0.6) is 0 Å². The number of rotatable bonds is 4. The van der Waals surface area contributed by atoms with Crippen LogP contribution in [-0.4, -0.2) is 21.2 Å². The Balaban J connectivity index is 1.60. The molecule has 1 saturated carbocycles. The monoisotopic (exact) mass is 343 g/mol. The van der Waals surface area contributed by atoms with Crippen molar-refractivity contribution in [2.75, 3.05) is 5.32 Å². The maximum Gasteiger partial charge on any atom is 0.417 e. The fraction of sp³-hybridized carbons (Fsp3) is 0.385. The summed E-state index contributed by atoms with van der Waals surface area (Å²) in [5, 5.41) is 8.13. The third-order valence-electron chi connectivity index (χ3n) is 3.31. The predicted molar refractivity (Wildman–Crippen MR) is 74.2 cm³/mol. The van der Waals surface area contributed by atoms with Crippen LogP contribution < -0.4 is 16.2 Å². The standard InChI is InChI=1S/C13H12F3N5O3/c14-13(15,16)7-3-8(11(22)17-4-7)19-12(23)18-5-9-20-10(21-24-9)6-1-2-6/h3-4,6H,1-2,5H2,(H,17,22)(H2,18,19,23). The number of carbonyl (C=O) groups excluding carboxylic acids is 1. The van der Waals surface area contributed by atoms with Gasteiger partial charge in [-0.2, -0.15) is 18.2 Å². The van der Waals surface area contributed by atoms with Gasteiger partial charge in [0.05, 0.1) is 12.1 Å². The van der Waals surface area contributed by atoms with Gasteiger partial charge in [0.25, 0.3) is 5.56 Å². The number of hydrogen-bond acceptors (Lipinski definition) is 5. The van der Waals surface area contributed by atoms with E-state index >= 15 is 0 Å². The number of halogens is 3. The lowest BCUT2D eigenvalue weighted by Gasteiger charge is -2.09. The van der Waals surface area contributed by atoms with E-state index in [9.17, 15) is 22.8 Å². The molecule has 3 rings (SSSR count). The Morgan fingerprint density at radius 2 is 2.17 bits per heavy atom. The number of H-pyrrole nitrogens is 1. The lowest BCUT2D eigenvalue weighted by molar-refractivity contribution is -0.137. The van der Waals surface area contributed by atoms with Crippen LogP contribution in [-0.2, 0) is 12.7 Å². The Bertz CT molecular complexity index is 810. The molecule has 0 aromatic carbocycles. The number of pyridine rings is 1. The molecule has 2 aromatic rings. The molecule has 2 amide bonds. The first-order valence-electron chi connectivity index (χ1n) is 7.00. The number of aromatic amines is 1. The average molecular weight is 343 g/mol. The molecule has 0 bridgehead atoms. The zero-order chi connectivity index (χ0) is 17.3. The van der Waals surface area contributed by atoms with Crippen LogP contribution in [0.15, 0.2) is 21.6 Å². The van der Waals surface area contributed by atoms with Gasteiger partial charge in [-0.1, -0.05) is 5.16 Å². The van der Waals surface area contributed by atoms with Crippen LogP contribution in [0.4, 0.5) is 23.7 Å². The molecule has 3 N–H and O–H groups in total. The minimum atomic E-state index is -4.64. The lowest BCUT2D eigenvalue weighted by Crippen LogP contribution is -2.31. The highest BCUT2D eigenvalue weighted by Crippen LogP contribution is 2.38. The van der Waals surface area contributed by atoms with Gasteiger partial charge in [-0.25, -0.2) is 4.79 Å². The normalized spacial score (nSPS) is 14.5. The molecule has 0 spiro atoms. The molecular formula is C13H12F3N5O3. The molecular weight excluding hydrogens is 331 g/mol. The summed E-state index contributed by atoms with van der Waals surface area (Å²) in [6.07, 6.45) is -2.13. The Labute approximate surface area is 132 Å². The Morgan fingerprint density at radius 3 is 2.83 bits per heavy atom. The molecule has 0 radical (unpaired) electrons. The molecule has 1 aliphatic carbocycles. The first-order valence-corrected chi connectivity index (χ1v) is 7.00. The van der Waals surface area contributed by atoms with Crippen molar-refractivity contribution in [3.63, 3.8) is 0 Å². The second-order valence-electron chi connectivity index (χ2n) is 5.26. The van der Waals surface area contributed by atoms with Crippen molar-refractivity contribution in [3.05, 3.63) is 39.9 Å². The average Bonchev–Trinajstić information content (AvgIpc) is 3.25. The molecule has 0 atom stereocenters. The molecule has 0 aliphatic heterocycles. The molecule has 2 heterocycles. The summed E-state index contributed by atoms with van der Waals surface area (Å²) in [6, 6.07) is -0.318. The summed E-state index contributed by atoms with van der Waals surface area (Å²) in [4.78, 5) is 29.2. The SMILES string of the molecule is O=C(NCc1nc(C2CC2)no1)Nc1cc(C(F)(F)F)c[nH]c1=O. The maximum atomic E-state index is 12.6. The summed E-state index contributed by atoms with van der Waals surface area (Å²) >= 11 is 0. The zero-order valence-electron chi connectivity index (χ0n) is 12.1. The van der Waals surface area contributed by atoms with Gasteiger partial charge in [0, 0.05) is 12.1 Å². The van der Waals surface area contributed by atoms with Crippen LogP contribution in [0.3, 0.4) is 0 Å². The molecule has 24 heavy (non-hydrogen) atoms. The number of alkyl halides is 3. The van der Waals surface area contributed by atoms with Crippen molar-refractivity contribution in [2.24, 2.45) is 0 Å². The van der Waals surface area contributed by atoms with Crippen LogP contribution in [0, 0.1) is 0 Å². The van der Waals surface area contributed by atoms with Crippen molar-refractivity contribution < 1.29 is 22.5 Å². The van der Waals surface area contributed by atoms with Gasteiger partial charge >= 0.3 is 12.2 Å². The summed E-state index contributed by atoms with van der Waals surface area (Å²) in [7, 11) is 0. The van der Waals surface area contributed by atoms with Crippen molar-refractivity contribution in [3.8, 4) is 0 Å². The highest BCUT2D eigenvalue weighted by atomic mass is 19.4. The third-order valence-corrected chi connectivity index (χ3v) is 3.31. The topological polar surface area (TPSA) is 113 Å². The number of nitrogens with zero attached hydrogens (tertiary/aromatic N) is 2. The number of amides is 2. The molecule has 0 unspecified atom stereocenters. The molecule has 1 fully saturated rings. The highest BCUT2D eigenvalue weighted by molar-refractivity contribution is 5.88.